The van der Waals surface area contributed by atoms with E-state index in [1.54, 1.807) is 4.90 Å². The maximum Gasteiger partial charge on any atom is 0.236 e. The predicted molar refractivity (Wildman–Crippen MR) is 55.7 cm³/mol. The van der Waals surface area contributed by atoms with E-state index in [1.165, 1.54) is 0 Å². The zero-order valence-corrected chi connectivity index (χ0v) is 9.48. The maximum atomic E-state index is 11.4. The van der Waals surface area contributed by atoms with Crippen LogP contribution >= 0.6 is 0 Å². The van der Waals surface area contributed by atoms with Crippen LogP contribution in [0.4, 0.5) is 0 Å². The van der Waals surface area contributed by atoms with Gasteiger partial charge in [-0.1, -0.05) is 6.92 Å². The third-order valence-corrected chi connectivity index (χ3v) is 1.75. The van der Waals surface area contributed by atoms with Crippen LogP contribution in [-0.4, -0.2) is 36.5 Å². The van der Waals surface area contributed by atoms with Gasteiger partial charge in [0.05, 0.1) is 6.54 Å². The largest absolute Gasteiger partial charge is 0.345 e. The van der Waals surface area contributed by atoms with E-state index >= 15 is 0 Å². The molecule has 1 N–H and O–H groups in total. The Morgan fingerprint density at radius 3 is 2.31 bits per heavy atom. The Morgan fingerprint density at radius 1 is 1.38 bits per heavy atom. The van der Waals surface area contributed by atoms with E-state index < -0.39 is 0 Å². The average Bonchev–Trinajstić information content (AvgIpc) is 1.99. The van der Waals surface area contributed by atoms with E-state index in [2.05, 4.69) is 33.0 Å². The summed E-state index contributed by atoms with van der Waals surface area (Å²) < 4.78 is 0. The van der Waals surface area contributed by atoms with Gasteiger partial charge < -0.3 is 10.2 Å². The third kappa shape index (κ3) is 6.58. The van der Waals surface area contributed by atoms with Crippen LogP contribution in [0.15, 0.2) is 0 Å². The van der Waals surface area contributed by atoms with Crippen LogP contribution in [0.25, 0.3) is 0 Å². The normalized spacial score (nSPS) is 11.5. The molecule has 78 valence electrons. The summed E-state index contributed by atoms with van der Waals surface area (Å²) in [6.07, 6.45) is 1.01. The Morgan fingerprint density at radius 2 is 1.92 bits per heavy atom. The van der Waals surface area contributed by atoms with Crippen LogP contribution in [0.1, 0.15) is 34.1 Å². The first-order chi connectivity index (χ1) is 5.87. The monoisotopic (exact) mass is 186 g/mol. The van der Waals surface area contributed by atoms with E-state index in [0.29, 0.717) is 6.54 Å². The molecule has 13 heavy (non-hydrogen) atoms. The lowest BCUT2D eigenvalue weighted by Crippen LogP contribution is -2.43. The number of rotatable bonds is 4. The summed E-state index contributed by atoms with van der Waals surface area (Å²) in [7, 11) is 1.84. The number of hydrogen-bond donors (Lipinski definition) is 1. The molecular formula is C10H22N2O. The molecule has 0 aliphatic heterocycles. The summed E-state index contributed by atoms with van der Waals surface area (Å²) in [5.74, 6) is 0.164. The van der Waals surface area contributed by atoms with E-state index in [-0.39, 0.29) is 11.4 Å². The number of hydrogen-bond acceptors (Lipinski definition) is 2. The van der Waals surface area contributed by atoms with Crippen molar-refractivity contribution in [3.05, 3.63) is 0 Å². The third-order valence-electron chi connectivity index (χ3n) is 1.75. The van der Waals surface area contributed by atoms with Crippen LogP contribution in [0.5, 0.6) is 0 Å². The first-order valence-corrected chi connectivity index (χ1v) is 4.86. The molecule has 0 bridgehead atoms. The molecule has 0 aromatic rings. The highest BCUT2D eigenvalue weighted by atomic mass is 16.2. The van der Waals surface area contributed by atoms with Crippen molar-refractivity contribution in [2.45, 2.75) is 39.7 Å². The minimum atomic E-state index is 0.0166. The Balaban J connectivity index is 3.74. The van der Waals surface area contributed by atoms with E-state index in [4.69, 9.17) is 0 Å². The number of likely N-dealkylation sites (N-methyl/N-ethyl adjacent to an activating group) is 1. The minimum Gasteiger partial charge on any atom is -0.345 e. The van der Waals surface area contributed by atoms with Crippen LogP contribution in [0, 0.1) is 0 Å². The Hall–Kier alpha value is -0.570. The molecule has 0 rings (SSSR count). The molecule has 0 saturated heterocycles. The molecule has 0 unspecified atom stereocenters. The summed E-state index contributed by atoms with van der Waals surface area (Å²) in [5, 5.41) is 3.17. The van der Waals surface area contributed by atoms with Gasteiger partial charge in [0.15, 0.2) is 0 Å². The molecule has 0 aromatic heterocycles. The van der Waals surface area contributed by atoms with Crippen molar-refractivity contribution in [1.82, 2.24) is 10.2 Å². The summed E-state index contributed by atoms with van der Waals surface area (Å²) >= 11 is 0. The van der Waals surface area contributed by atoms with Gasteiger partial charge in [-0.3, -0.25) is 4.79 Å². The van der Waals surface area contributed by atoms with Gasteiger partial charge in [0.2, 0.25) is 5.91 Å². The molecule has 0 spiro atoms. The van der Waals surface area contributed by atoms with Crippen molar-refractivity contribution in [1.29, 1.82) is 0 Å². The number of carbonyl (C=O) groups excluding carboxylic acids is 1. The van der Waals surface area contributed by atoms with Crippen molar-refractivity contribution in [3.63, 3.8) is 0 Å². The molecule has 1 amide bonds. The number of nitrogens with zero attached hydrogens (tertiary/aromatic N) is 1. The molecule has 0 aromatic carbocycles. The van der Waals surface area contributed by atoms with Crippen LogP contribution in [0.2, 0.25) is 0 Å². The molecule has 0 saturated carbocycles. The Kier molecular flexibility index (Phi) is 4.99. The Labute approximate surface area is 81.5 Å². The molecule has 0 atom stereocenters. The van der Waals surface area contributed by atoms with Crippen molar-refractivity contribution in [2.75, 3.05) is 20.1 Å². The molecular weight excluding hydrogens is 164 g/mol. The van der Waals surface area contributed by atoms with Gasteiger partial charge in [0.1, 0.15) is 0 Å². The average molecular weight is 186 g/mol. The van der Waals surface area contributed by atoms with Gasteiger partial charge >= 0.3 is 0 Å². The van der Waals surface area contributed by atoms with Gasteiger partial charge in [-0.2, -0.15) is 0 Å². The van der Waals surface area contributed by atoms with Crippen molar-refractivity contribution < 1.29 is 4.79 Å². The maximum absolute atomic E-state index is 11.4. The summed E-state index contributed by atoms with van der Waals surface area (Å²) in [6.45, 7) is 9.51. The zero-order valence-electron chi connectivity index (χ0n) is 9.48. The van der Waals surface area contributed by atoms with Gasteiger partial charge in [0, 0.05) is 19.1 Å². The fourth-order valence-electron chi connectivity index (χ4n) is 0.936. The second-order valence-corrected chi connectivity index (χ2v) is 4.42. The summed E-state index contributed by atoms with van der Waals surface area (Å²) in [6, 6.07) is 0. The lowest BCUT2D eigenvalue weighted by atomic mass is 10.1. The second kappa shape index (κ2) is 5.22. The van der Waals surface area contributed by atoms with Gasteiger partial charge in [-0.05, 0) is 27.2 Å². The Bertz CT molecular complexity index is 161. The number of carbonyl (C=O) groups is 1. The fourth-order valence-corrected chi connectivity index (χ4v) is 0.936. The van der Waals surface area contributed by atoms with Crippen molar-refractivity contribution in [2.24, 2.45) is 0 Å². The second-order valence-electron chi connectivity index (χ2n) is 4.42. The standard InChI is InChI=1S/C10H22N2O/c1-6-7-12(5)9(13)8-11-10(2,3)4/h11H,6-8H2,1-5H3. The SMILES string of the molecule is CCCN(C)C(=O)CNC(C)(C)C. The predicted octanol–water partition coefficient (Wildman–Crippen LogP) is 1.24. The first kappa shape index (κ1) is 12.4. The van der Waals surface area contributed by atoms with E-state index in [0.717, 1.165) is 13.0 Å². The molecule has 0 fully saturated rings. The first-order valence-electron chi connectivity index (χ1n) is 4.86. The molecule has 3 heteroatoms. The molecule has 0 aliphatic carbocycles. The fraction of sp³-hybridized carbons (Fsp3) is 0.900. The molecule has 0 aliphatic rings. The van der Waals surface area contributed by atoms with Gasteiger partial charge in [-0.25, -0.2) is 0 Å². The topological polar surface area (TPSA) is 32.3 Å². The highest BCUT2D eigenvalue weighted by Crippen LogP contribution is 1.97. The number of amides is 1. The summed E-state index contributed by atoms with van der Waals surface area (Å²) in [4.78, 5) is 13.2. The quantitative estimate of drug-likeness (QED) is 0.716. The molecule has 3 nitrogen and oxygen atoms in total. The van der Waals surface area contributed by atoms with E-state index in [1.807, 2.05) is 7.05 Å². The molecule has 0 heterocycles. The number of nitrogens with one attached hydrogen (secondary N) is 1. The minimum absolute atomic E-state index is 0.0166. The smallest absolute Gasteiger partial charge is 0.236 e. The zero-order chi connectivity index (χ0) is 10.5. The lowest BCUT2D eigenvalue weighted by Gasteiger charge is -2.23. The van der Waals surface area contributed by atoms with Crippen molar-refractivity contribution in [3.8, 4) is 0 Å². The van der Waals surface area contributed by atoms with Gasteiger partial charge in [-0.15, -0.1) is 0 Å². The summed E-state index contributed by atoms with van der Waals surface area (Å²) in [5.41, 5.74) is 0.0166. The highest BCUT2D eigenvalue weighted by molar-refractivity contribution is 5.78. The van der Waals surface area contributed by atoms with Crippen LogP contribution < -0.4 is 5.32 Å². The van der Waals surface area contributed by atoms with Gasteiger partial charge in [0.25, 0.3) is 0 Å². The van der Waals surface area contributed by atoms with Crippen LogP contribution in [-0.2, 0) is 4.79 Å². The van der Waals surface area contributed by atoms with E-state index in [9.17, 15) is 4.79 Å². The van der Waals surface area contributed by atoms with Crippen molar-refractivity contribution >= 4 is 5.91 Å². The highest BCUT2D eigenvalue weighted by Gasteiger charge is 2.13. The lowest BCUT2D eigenvalue weighted by molar-refractivity contribution is -0.129. The molecule has 0 radical (unpaired) electrons. The van der Waals surface area contributed by atoms with Crippen LogP contribution in [0.3, 0.4) is 0 Å².